The van der Waals surface area contributed by atoms with E-state index < -0.39 is 5.97 Å². The van der Waals surface area contributed by atoms with Crippen LogP contribution in [0.25, 0.3) is 21.8 Å². The summed E-state index contributed by atoms with van der Waals surface area (Å²) >= 11 is 13.5. The topological polar surface area (TPSA) is 109 Å². The lowest BCUT2D eigenvalue weighted by molar-refractivity contribution is 0.0596. The normalized spacial score (nSPS) is 10.6. The minimum absolute atomic E-state index is 0.215. The highest BCUT2D eigenvalue weighted by Gasteiger charge is 2.14. The number of ether oxygens (including phenoxy) is 1. The number of methoxy groups -OCH3 is 1. The van der Waals surface area contributed by atoms with E-state index in [0.29, 0.717) is 21.2 Å². The van der Waals surface area contributed by atoms with E-state index in [1.165, 1.54) is 13.3 Å². The van der Waals surface area contributed by atoms with Crippen molar-refractivity contribution in [1.29, 1.82) is 0 Å². The smallest absolute Gasteiger partial charge is 0.359 e. The fourth-order valence-corrected chi connectivity index (χ4v) is 2.84. The van der Waals surface area contributed by atoms with Crippen molar-refractivity contribution in [3.63, 3.8) is 0 Å². The summed E-state index contributed by atoms with van der Waals surface area (Å²) in [6, 6.07) is 3.33. The highest BCUT2D eigenvalue weighted by atomic mass is 127. The Morgan fingerprint density at radius 1 is 1.08 bits per heavy atom. The molecule has 0 fully saturated rings. The number of halogens is 3. The van der Waals surface area contributed by atoms with E-state index in [0.717, 1.165) is 14.6 Å². The number of hydrogen-bond donors (Lipinski definition) is 2. The van der Waals surface area contributed by atoms with Crippen LogP contribution in [0.4, 0.5) is 0 Å². The lowest BCUT2D eigenvalue weighted by Gasteiger charge is -1.93. The van der Waals surface area contributed by atoms with Gasteiger partial charge in [0.15, 0.2) is 5.69 Å². The maximum atomic E-state index is 11.2. The third-order valence-corrected chi connectivity index (χ3v) is 4.39. The molecule has 2 N–H and O–H groups in total. The van der Waals surface area contributed by atoms with Crippen molar-refractivity contribution < 1.29 is 9.53 Å². The van der Waals surface area contributed by atoms with Crippen molar-refractivity contribution in [2.45, 2.75) is 0 Å². The van der Waals surface area contributed by atoms with Gasteiger partial charge in [0.2, 0.25) is 0 Å². The molecule has 0 aliphatic rings. The molecule has 4 aromatic rings. The second-order valence-electron chi connectivity index (χ2n) is 4.68. The van der Waals surface area contributed by atoms with Crippen LogP contribution in [-0.4, -0.2) is 43.4 Å². The summed E-state index contributed by atoms with van der Waals surface area (Å²) in [5.74, 6) is -0.500. The first kappa shape index (κ1) is 17.8. The van der Waals surface area contributed by atoms with Crippen molar-refractivity contribution in [3.8, 4) is 0 Å². The zero-order valence-electron chi connectivity index (χ0n) is 12.5. The Morgan fingerprint density at radius 2 is 1.76 bits per heavy atom. The zero-order chi connectivity index (χ0) is 18.0. The average molecular weight is 491 g/mol. The molecule has 0 unspecified atom stereocenters. The van der Waals surface area contributed by atoms with Crippen LogP contribution >= 0.6 is 45.8 Å². The van der Waals surface area contributed by atoms with Crippen molar-refractivity contribution >= 4 is 73.6 Å². The highest BCUT2D eigenvalue weighted by molar-refractivity contribution is 14.1. The predicted octanol–water partition coefficient (Wildman–Crippen LogP) is 3.61. The molecule has 0 saturated heterocycles. The monoisotopic (exact) mass is 490 g/mol. The van der Waals surface area contributed by atoms with Gasteiger partial charge in [-0.3, -0.25) is 10.2 Å². The van der Waals surface area contributed by atoms with Gasteiger partial charge in [0.25, 0.3) is 0 Å². The van der Waals surface area contributed by atoms with Crippen LogP contribution in [0.3, 0.4) is 0 Å². The Labute approximate surface area is 164 Å². The van der Waals surface area contributed by atoms with Gasteiger partial charge in [-0.25, -0.2) is 14.8 Å². The predicted molar refractivity (Wildman–Crippen MR) is 102 cm³/mol. The molecule has 0 atom stereocenters. The number of rotatable bonds is 1. The summed E-state index contributed by atoms with van der Waals surface area (Å²) in [7, 11) is 1.30. The summed E-state index contributed by atoms with van der Waals surface area (Å²) < 4.78 is 5.54. The lowest BCUT2D eigenvalue weighted by Crippen LogP contribution is -2.01. The summed E-state index contributed by atoms with van der Waals surface area (Å²) in [6.07, 6.45) is 3.19. The SMILES string of the molecule is COC(=O)c1n[nH]c2cc(Cl)ncc12.Clc1cc2n[nH]c(I)c2cn1. The van der Waals surface area contributed by atoms with Gasteiger partial charge in [0.05, 0.1) is 28.9 Å². The molecule has 8 nitrogen and oxygen atoms in total. The number of aromatic amines is 2. The van der Waals surface area contributed by atoms with Gasteiger partial charge in [0, 0.05) is 24.5 Å². The molecule has 0 radical (unpaired) electrons. The fourth-order valence-electron chi connectivity index (χ4n) is 1.99. The minimum Gasteiger partial charge on any atom is -0.464 e. The van der Waals surface area contributed by atoms with Crippen LogP contribution < -0.4 is 0 Å². The molecule has 0 saturated carbocycles. The van der Waals surface area contributed by atoms with Crippen LogP contribution in [0.15, 0.2) is 24.5 Å². The molecule has 128 valence electrons. The van der Waals surface area contributed by atoms with Gasteiger partial charge < -0.3 is 4.74 Å². The summed E-state index contributed by atoms with van der Waals surface area (Å²) in [4.78, 5) is 19.0. The lowest BCUT2D eigenvalue weighted by atomic mass is 10.2. The second kappa shape index (κ2) is 7.50. The number of pyridine rings is 2. The summed E-state index contributed by atoms with van der Waals surface area (Å²) in [5, 5.41) is 15.8. The van der Waals surface area contributed by atoms with Crippen molar-refractivity contribution in [1.82, 2.24) is 30.4 Å². The molecule has 0 aromatic carbocycles. The molecule has 0 bridgehead atoms. The number of fused-ring (bicyclic) bond motifs is 2. The molecule has 0 aliphatic carbocycles. The average Bonchev–Trinajstić information content (AvgIpc) is 3.18. The molecular weight excluding hydrogens is 482 g/mol. The Bertz CT molecular complexity index is 1060. The maximum Gasteiger partial charge on any atom is 0.359 e. The number of nitrogens with one attached hydrogen (secondary N) is 2. The standard InChI is InChI=1S/C8H6ClN3O2.C6H3ClIN3/c1-14-8(13)7-4-3-10-6(9)2-5(4)11-12-7;7-5-1-4-3(2-9-5)6(8)11-10-4/h2-3H,1H3,(H,11,12);1-2H,(H,10,11). The van der Waals surface area contributed by atoms with Gasteiger partial charge in [-0.05, 0) is 22.6 Å². The van der Waals surface area contributed by atoms with Crippen LogP contribution in [0, 0.1) is 3.70 Å². The van der Waals surface area contributed by atoms with Crippen LogP contribution in [0.1, 0.15) is 10.5 Å². The molecule has 0 spiro atoms. The van der Waals surface area contributed by atoms with E-state index in [-0.39, 0.29) is 5.69 Å². The van der Waals surface area contributed by atoms with E-state index >= 15 is 0 Å². The summed E-state index contributed by atoms with van der Waals surface area (Å²) in [6.45, 7) is 0. The van der Waals surface area contributed by atoms with Crippen molar-refractivity contribution in [2.75, 3.05) is 7.11 Å². The molecule has 0 amide bonds. The van der Waals surface area contributed by atoms with Crippen LogP contribution in [-0.2, 0) is 4.74 Å². The Morgan fingerprint density at radius 3 is 2.48 bits per heavy atom. The number of aromatic nitrogens is 6. The van der Waals surface area contributed by atoms with E-state index in [4.69, 9.17) is 23.2 Å². The van der Waals surface area contributed by atoms with Crippen molar-refractivity contribution in [2.24, 2.45) is 0 Å². The molecule has 11 heteroatoms. The molecule has 4 heterocycles. The largest absolute Gasteiger partial charge is 0.464 e. The van der Waals surface area contributed by atoms with Crippen molar-refractivity contribution in [3.05, 3.63) is 44.2 Å². The van der Waals surface area contributed by atoms with E-state index in [1.807, 2.05) is 0 Å². The highest BCUT2D eigenvalue weighted by Crippen LogP contribution is 2.19. The quantitative estimate of drug-likeness (QED) is 0.239. The number of carbonyl (C=O) groups is 1. The second-order valence-corrected chi connectivity index (χ2v) is 6.53. The van der Waals surface area contributed by atoms with E-state index in [9.17, 15) is 4.79 Å². The third kappa shape index (κ3) is 3.83. The Hall–Kier alpha value is -1.98. The molecule has 25 heavy (non-hydrogen) atoms. The van der Waals surface area contributed by atoms with Gasteiger partial charge in [-0.1, -0.05) is 23.2 Å². The molecule has 0 aliphatic heterocycles. The summed E-state index contributed by atoms with van der Waals surface area (Å²) in [5.41, 5.74) is 1.73. The van der Waals surface area contributed by atoms with E-state index in [1.54, 1.807) is 18.3 Å². The molecular formula is C14H9Cl2IN6O2. The maximum absolute atomic E-state index is 11.2. The molecule has 4 aromatic heterocycles. The Balaban J connectivity index is 0.000000150. The number of nitrogens with zero attached hydrogens (tertiary/aromatic N) is 4. The van der Waals surface area contributed by atoms with Gasteiger partial charge in [0.1, 0.15) is 14.0 Å². The third-order valence-electron chi connectivity index (χ3n) is 3.15. The van der Waals surface area contributed by atoms with Crippen LogP contribution in [0.2, 0.25) is 10.3 Å². The number of carbonyl (C=O) groups excluding carboxylic acids is 1. The first-order chi connectivity index (χ1) is 12.0. The van der Waals surface area contributed by atoms with Gasteiger partial charge in [-0.15, -0.1) is 0 Å². The number of esters is 1. The number of hydrogen-bond acceptors (Lipinski definition) is 6. The van der Waals surface area contributed by atoms with Gasteiger partial charge in [-0.2, -0.15) is 10.2 Å². The Kier molecular flexibility index (Phi) is 5.35. The zero-order valence-corrected chi connectivity index (χ0v) is 16.2. The fraction of sp³-hybridized carbons (Fsp3) is 0.0714. The minimum atomic E-state index is -0.500. The van der Waals surface area contributed by atoms with E-state index in [2.05, 4.69) is 57.7 Å². The molecule has 4 rings (SSSR count). The first-order valence-corrected chi connectivity index (χ1v) is 8.56. The van der Waals surface area contributed by atoms with Crippen LogP contribution in [0.5, 0.6) is 0 Å². The first-order valence-electron chi connectivity index (χ1n) is 6.72. The number of H-pyrrole nitrogens is 2. The van der Waals surface area contributed by atoms with Gasteiger partial charge >= 0.3 is 5.97 Å².